The van der Waals surface area contributed by atoms with E-state index in [1.807, 2.05) is 0 Å². The van der Waals surface area contributed by atoms with E-state index in [1.165, 1.54) is 0 Å². The van der Waals surface area contributed by atoms with Crippen LogP contribution in [0.4, 0.5) is 0 Å². The Morgan fingerprint density at radius 2 is 1.40 bits per heavy atom. The van der Waals surface area contributed by atoms with E-state index in [0.29, 0.717) is 0 Å². The zero-order valence-electron chi connectivity index (χ0n) is 4.89. The van der Waals surface area contributed by atoms with E-state index in [2.05, 4.69) is 5.32 Å². The molecule has 0 fully saturated rings. The summed E-state index contributed by atoms with van der Waals surface area (Å²) in [6, 6.07) is 0. The van der Waals surface area contributed by atoms with E-state index in [9.17, 15) is 9.59 Å². The minimum Gasteiger partial charge on any atom is -0.644 e. The number of rotatable bonds is 4. The summed E-state index contributed by atoms with van der Waals surface area (Å²) in [4.78, 5) is 19.4. The first-order valence-corrected chi connectivity index (χ1v) is 2.20. The van der Waals surface area contributed by atoms with Crippen LogP contribution in [-0.2, 0) is 26.1 Å². The van der Waals surface area contributed by atoms with Gasteiger partial charge in [-0.25, -0.2) is 0 Å². The second-order valence-corrected chi connectivity index (χ2v) is 1.33. The van der Waals surface area contributed by atoms with Crippen LogP contribution in [0.5, 0.6) is 0 Å². The average molecular weight is 191 g/mol. The van der Waals surface area contributed by atoms with Gasteiger partial charge >= 0.3 is 0 Å². The Hall–Kier alpha value is -0.606. The summed E-state index contributed by atoms with van der Waals surface area (Å²) in [5.74, 6) is -2.23. The molecule has 10 heavy (non-hydrogen) atoms. The van der Waals surface area contributed by atoms with Crippen molar-refractivity contribution in [1.29, 1.82) is 0 Å². The van der Waals surface area contributed by atoms with E-state index >= 15 is 0 Å². The summed E-state index contributed by atoms with van der Waals surface area (Å²) in [5, 5.41) is 19.1. The minimum absolute atomic E-state index is 0. The Morgan fingerprint density at radius 3 is 1.60 bits per heavy atom. The standard InChI is InChI=1S/C4H6NO4.Ni/c6-3(7)1-5-2-4(8)9;/h1-2H2,(H,6,7)(H,8,9);/q-1;. The molecule has 0 aromatic heterocycles. The molecule has 0 unspecified atom stereocenters. The maximum atomic E-state index is 9.69. The van der Waals surface area contributed by atoms with Crippen LogP contribution >= 0.6 is 0 Å². The van der Waals surface area contributed by atoms with Crippen molar-refractivity contribution < 1.29 is 36.3 Å². The van der Waals surface area contributed by atoms with Crippen molar-refractivity contribution in [2.75, 3.05) is 13.1 Å². The molecule has 2 N–H and O–H groups in total. The third-order valence-corrected chi connectivity index (χ3v) is 0.494. The Morgan fingerprint density at radius 1 is 1.10 bits per heavy atom. The van der Waals surface area contributed by atoms with Gasteiger partial charge in [-0.1, -0.05) is 0 Å². The van der Waals surface area contributed by atoms with Gasteiger partial charge in [-0.2, -0.15) is 0 Å². The van der Waals surface area contributed by atoms with Crippen molar-refractivity contribution in [3.63, 3.8) is 0 Å². The van der Waals surface area contributed by atoms with Crippen LogP contribution in [0.25, 0.3) is 5.32 Å². The van der Waals surface area contributed by atoms with Gasteiger partial charge in [0.15, 0.2) is 0 Å². The summed E-state index contributed by atoms with van der Waals surface area (Å²) in [7, 11) is 0. The van der Waals surface area contributed by atoms with Crippen molar-refractivity contribution in [2.24, 2.45) is 0 Å². The summed E-state index contributed by atoms with van der Waals surface area (Å²) in [6.07, 6.45) is 0. The quantitative estimate of drug-likeness (QED) is 0.587. The van der Waals surface area contributed by atoms with Crippen LogP contribution in [0.3, 0.4) is 0 Å². The zero-order chi connectivity index (χ0) is 7.28. The van der Waals surface area contributed by atoms with Crippen molar-refractivity contribution >= 4 is 11.9 Å². The van der Waals surface area contributed by atoms with Crippen LogP contribution in [0.15, 0.2) is 0 Å². The molecule has 0 heterocycles. The van der Waals surface area contributed by atoms with Crippen LogP contribution < -0.4 is 0 Å². The van der Waals surface area contributed by atoms with Gasteiger partial charge in [0.05, 0.1) is 0 Å². The molecule has 0 amide bonds. The number of carboxylic acid groups (broad SMARTS) is 2. The van der Waals surface area contributed by atoms with Gasteiger partial charge in [0.2, 0.25) is 0 Å². The molecule has 0 spiro atoms. The predicted octanol–water partition coefficient (Wildman–Crippen LogP) is -0.473. The van der Waals surface area contributed by atoms with Gasteiger partial charge in [-0.05, 0) is 13.1 Å². The van der Waals surface area contributed by atoms with E-state index in [1.54, 1.807) is 0 Å². The van der Waals surface area contributed by atoms with Gasteiger partial charge in [0.25, 0.3) is 11.9 Å². The number of carboxylic acids is 2. The minimum atomic E-state index is -1.11. The molecule has 0 aliphatic carbocycles. The number of hydrogen-bond donors (Lipinski definition) is 2. The maximum absolute atomic E-state index is 9.69. The van der Waals surface area contributed by atoms with Crippen LogP contribution in [0.2, 0.25) is 0 Å². The van der Waals surface area contributed by atoms with Crippen LogP contribution in [-0.4, -0.2) is 35.2 Å². The predicted molar refractivity (Wildman–Crippen MR) is 28.4 cm³/mol. The van der Waals surface area contributed by atoms with Gasteiger partial charge in [0.1, 0.15) is 0 Å². The third kappa shape index (κ3) is 10.4. The molecule has 0 radical (unpaired) electrons. The summed E-state index contributed by atoms with van der Waals surface area (Å²) in [5.41, 5.74) is 0. The molecule has 5 nitrogen and oxygen atoms in total. The van der Waals surface area contributed by atoms with E-state index in [0.717, 1.165) is 0 Å². The Balaban J connectivity index is 0. The van der Waals surface area contributed by atoms with Gasteiger partial charge in [-0.15, -0.1) is 0 Å². The molecule has 0 aromatic carbocycles. The first-order chi connectivity index (χ1) is 4.13. The van der Waals surface area contributed by atoms with E-state index in [-0.39, 0.29) is 16.5 Å². The molecule has 0 atom stereocenters. The van der Waals surface area contributed by atoms with Gasteiger partial charge in [0, 0.05) is 16.5 Å². The molecule has 0 aliphatic heterocycles. The molecule has 0 bridgehead atoms. The molecule has 0 rings (SSSR count). The monoisotopic (exact) mass is 190 g/mol. The smallest absolute Gasteiger partial charge is 0.282 e. The fourth-order valence-electron chi connectivity index (χ4n) is 0.247. The van der Waals surface area contributed by atoms with Crippen molar-refractivity contribution in [1.82, 2.24) is 0 Å². The molecular formula is C4H6NNiO4-. The zero-order valence-corrected chi connectivity index (χ0v) is 5.88. The first kappa shape index (κ1) is 12.1. The van der Waals surface area contributed by atoms with E-state index in [4.69, 9.17) is 10.2 Å². The second kappa shape index (κ2) is 6.51. The van der Waals surface area contributed by atoms with Crippen molar-refractivity contribution in [3.8, 4) is 0 Å². The summed E-state index contributed by atoms with van der Waals surface area (Å²) < 4.78 is 0. The topological polar surface area (TPSA) is 88.7 Å². The molecule has 0 saturated heterocycles. The molecular weight excluding hydrogens is 185 g/mol. The molecule has 0 aliphatic rings. The second-order valence-electron chi connectivity index (χ2n) is 1.33. The first-order valence-electron chi connectivity index (χ1n) is 2.20. The normalized spacial score (nSPS) is 8.00. The SMILES string of the molecule is O=C(O)C[N-]CC(=O)O.[Ni]. The largest absolute Gasteiger partial charge is 0.644 e. The fraction of sp³-hybridized carbons (Fsp3) is 0.500. The molecule has 0 saturated carbocycles. The fourth-order valence-corrected chi connectivity index (χ4v) is 0.247. The Labute approximate surface area is 67.3 Å². The Bertz CT molecular complexity index is 112. The number of nitrogens with zero attached hydrogens (tertiary/aromatic N) is 1. The maximum Gasteiger partial charge on any atom is 0.282 e. The number of hydrogen-bond acceptors (Lipinski definition) is 2. The number of carbonyl (C=O) groups is 2. The van der Waals surface area contributed by atoms with Crippen molar-refractivity contribution in [2.45, 2.75) is 0 Å². The Kier molecular flexibility index (Phi) is 7.88. The summed E-state index contributed by atoms with van der Waals surface area (Å²) >= 11 is 0. The number of aliphatic carboxylic acids is 2. The van der Waals surface area contributed by atoms with Crippen molar-refractivity contribution in [3.05, 3.63) is 5.32 Å². The van der Waals surface area contributed by atoms with Crippen LogP contribution in [0.1, 0.15) is 0 Å². The van der Waals surface area contributed by atoms with E-state index < -0.39 is 25.0 Å². The average Bonchev–Trinajstić information content (AvgIpc) is 1.63. The third-order valence-electron chi connectivity index (χ3n) is 0.494. The molecule has 0 aromatic rings. The van der Waals surface area contributed by atoms with Gasteiger partial charge in [-0.3, -0.25) is 9.59 Å². The summed E-state index contributed by atoms with van der Waals surface area (Å²) in [6.45, 7) is -0.876. The molecule has 62 valence electrons. The van der Waals surface area contributed by atoms with Crippen LogP contribution in [0, 0.1) is 0 Å². The van der Waals surface area contributed by atoms with Gasteiger partial charge < -0.3 is 15.5 Å². The molecule has 6 heteroatoms.